The molecule has 1 saturated heterocycles. The molecular formula is C28H37FN6O4. The number of aromatic nitrogens is 4. The van der Waals surface area contributed by atoms with Gasteiger partial charge in [-0.05, 0) is 64.3 Å². The number of anilines is 1. The minimum atomic E-state index is -0.575. The maximum atomic E-state index is 14.0. The van der Waals surface area contributed by atoms with Crippen molar-refractivity contribution in [2.45, 2.75) is 58.2 Å². The molecule has 1 aliphatic rings. The lowest BCUT2D eigenvalue weighted by molar-refractivity contribution is 0.0180. The lowest BCUT2D eigenvalue weighted by Crippen LogP contribution is -2.43. The Labute approximate surface area is 227 Å². The van der Waals surface area contributed by atoms with Crippen LogP contribution in [0.5, 0.6) is 0 Å². The molecule has 3 aromatic rings. The molecule has 1 aliphatic heterocycles. The number of hydrogen-bond acceptors (Lipinski definition) is 7. The summed E-state index contributed by atoms with van der Waals surface area (Å²) >= 11 is 0. The van der Waals surface area contributed by atoms with Crippen molar-refractivity contribution in [3.63, 3.8) is 0 Å². The van der Waals surface area contributed by atoms with Crippen LogP contribution in [-0.2, 0) is 16.5 Å². The molecule has 210 valence electrons. The number of amides is 1. The zero-order valence-corrected chi connectivity index (χ0v) is 23.4. The first-order valence-electron chi connectivity index (χ1n) is 13.1. The van der Waals surface area contributed by atoms with E-state index in [1.54, 1.807) is 41.1 Å². The van der Waals surface area contributed by atoms with Crippen LogP contribution < -0.4 is 10.9 Å². The predicted molar refractivity (Wildman–Crippen MR) is 147 cm³/mol. The van der Waals surface area contributed by atoms with Crippen LogP contribution in [0.1, 0.15) is 46.6 Å². The second-order valence-electron chi connectivity index (χ2n) is 10.9. The van der Waals surface area contributed by atoms with Gasteiger partial charge in [-0.1, -0.05) is 12.1 Å². The number of halogens is 1. The first-order chi connectivity index (χ1) is 18.5. The molecule has 3 heterocycles. The van der Waals surface area contributed by atoms with E-state index in [1.807, 2.05) is 39.4 Å². The zero-order chi connectivity index (χ0) is 28.3. The number of piperidine rings is 1. The molecule has 1 aromatic carbocycles. The van der Waals surface area contributed by atoms with Crippen molar-refractivity contribution in [3.05, 3.63) is 52.7 Å². The second-order valence-corrected chi connectivity index (χ2v) is 10.9. The Morgan fingerprint density at radius 3 is 2.46 bits per heavy atom. The maximum absolute atomic E-state index is 14.0. The standard InChI is InChI=1S/C28H37FN6O4/c1-18(17-38-6)31-26-30-14-11-22(32-26)24-23(19-7-9-20(29)10-8-19)25(36)35(33(24)5)21-12-15-34(16-13-21)27(37)39-28(2,3)4/h7-11,14,18,21H,12-13,15-17H2,1-6H3,(H,30,31,32)/t18-/m0/s1. The molecule has 1 fully saturated rings. The number of likely N-dealkylation sites (tertiary alicyclic amines) is 1. The molecule has 10 nitrogen and oxygen atoms in total. The number of nitrogens with zero attached hydrogens (tertiary/aromatic N) is 5. The van der Waals surface area contributed by atoms with Crippen molar-refractivity contribution in [2.75, 3.05) is 32.1 Å². The van der Waals surface area contributed by atoms with Gasteiger partial charge in [-0.2, -0.15) is 0 Å². The van der Waals surface area contributed by atoms with Crippen LogP contribution in [-0.4, -0.2) is 68.8 Å². The number of carbonyl (C=O) groups excluding carboxylic acids is 1. The third-order valence-corrected chi connectivity index (χ3v) is 6.59. The molecule has 1 atom stereocenters. The molecule has 0 bridgehead atoms. The van der Waals surface area contributed by atoms with Crippen molar-refractivity contribution in [2.24, 2.45) is 7.05 Å². The Balaban J connectivity index is 1.72. The summed E-state index contributed by atoms with van der Waals surface area (Å²) in [4.78, 5) is 37.3. The SMILES string of the molecule is COC[C@H](C)Nc1nccc(-c2c(-c3ccc(F)cc3)c(=O)n(C3CCN(C(=O)OC(C)(C)C)CC3)n2C)n1. The number of benzene rings is 1. The predicted octanol–water partition coefficient (Wildman–Crippen LogP) is 4.47. The molecule has 0 saturated carbocycles. The van der Waals surface area contributed by atoms with Crippen molar-refractivity contribution >= 4 is 12.0 Å². The molecule has 39 heavy (non-hydrogen) atoms. The van der Waals surface area contributed by atoms with Gasteiger partial charge in [-0.25, -0.2) is 23.8 Å². The molecule has 0 spiro atoms. The van der Waals surface area contributed by atoms with E-state index < -0.39 is 5.60 Å². The summed E-state index contributed by atoms with van der Waals surface area (Å²) < 4.78 is 28.0. The summed E-state index contributed by atoms with van der Waals surface area (Å²) in [6.45, 7) is 8.89. The number of rotatable bonds is 7. The van der Waals surface area contributed by atoms with E-state index in [0.29, 0.717) is 61.0 Å². The Morgan fingerprint density at radius 1 is 1.18 bits per heavy atom. The van der Waals surface area contributed by atoms with Gasteiger partial charge in [0.15, 0.2) is 0 Å². The van der Waals surface area contributed by atoms with Crippen LogP contribution in [0.25, 0.3) is 22.5 Å². The quantitative estimate of drug-likeness (QED) is 0.472. The fraction of sp³-hybridized carbons (Fsp3) is 0.500. The fourth-order valence-corrected chi connectivity index (χ4v) is 4.89. The van der Waals surface area contributed by atoms with Crippen molar-refractivity contribution in [1.82, 2.24) is 24.2 Å². The van der Waals surface area contributed by atoms with Gasteiger partial charge < -0.3 is 19.7 Å². The molecule has 0 aliphatic carbocycles. The minimum Gasteiger partial charge on any atom is -0.444 e. The van der Waals surface area contributed by atoms with Crippen molar-refractivity contribution < 1.29 is 18.7 Å². The van der Waals surface area contributed by atoms with E-state index >= 15 is 0 Å². The molecule has 0 radical (unpaired) electrons. The second kappa shape index (κ2) is 11.6. The van der Waals surface area contributed by atoms with E-state index in [0.717, 1.165) is 0 Å². The molecule has 4 rings (SSSR count). The van der Waals surface area contributed by atoms with Crippen LogP contribution in [0, 0.1) is 5.82 Å². The van der Waals surface area contributed by atoms with Gasteiger partial charge in [-0.15, -0.1) is 0 Å². The summed E-state index contributed by atoms with van der Waals surface area (Å²) in [5.41, 5.74) is 1.41. The monoisotopic (exact) mass is 540 g/mol. The smallest absolute Gasteiger partial charge is 0.410 e. The van der Waals surface area contributed by atoms with E-state index in [4.69, 9.17) is 14.5 Å². The first kappa shape index (κ1) is 28.3. The average molecular weight is 541 g/mol. The van der Waals surface area contributed by atoms with Crippen LogP contribution in [0.2, 0.25) is 0 Å². The highest BCUT2D eigenvalue weighted by Crippen LogP contribution is 2.32. The Hall–Kier alpha value is -3.73. The summed E-state index contributed by atoms with van der Waals surface area (Å²) in [6.07, 6.45) is 2.46. The molecule has 2 aromatic heterocycles. The lowest BCUT2D eigenvalue weighted by Gasteiger charge is -2.34. The van der Waals surface area contributed by atoms with Gasteiger partial charge in [0.1, 0.15) is 11.4 Å². The van der Waals surface area contributed by atoms with Gasteiger partial charge in [0.25, 0.3) is 5.56 Å². The lowest BCUT2D eigenvalue weighted by atomic mass is 10.0. The normalized spacial score (nSPS) is 15.3. The number of carbonyl (C=O) groups is 1. The van der Waals surface area contributed by atoms with E-state index in [-0.39, 0.29) is 29.6 Å². The van der Waals surface area contributed by atoms with Crippen LogP contribution in [0.3, 0.4) is 0 Å². The molecule has 1 N–H and O–H groups in total. The van der Waals surface area contributed by atoms with Crippen LogP contribution >= 0.6 is 0 Å². The van der Waals surface area contributed by atoms with Crippen molar-refractivity contribution in [3.8, 4) is 22.5 Å². The molecule has 1 amide bonds. The highest BCUT2D eigenvalue weighted by atomic mass is 19.1. The third-order valence-electron chi connectivity index (χ3n) is 6.59. The van der Waals surface area contributed by atoms with Gasteiger partial charge >= 0.3 is 6.09 Å². The Kier molecular flexibility index (Phi) is 8.39. The topological polar surface area (TPSA) is 104 Å². The highest BCUT2D eigenvalue weighted by molar-refractivity contribution is 5.79. The van der Waals surface area contributed by atoms with Crippen LogP contribution in [0.15, 0.2) is 41.3 Å². The Morgan fingerprint density at radius 2 is 1.85 bits per heavy atom. The zero-order valence-electron chi connectivity index (χ0n) is 23.4. The largest absolute Gasteiger partial charge is 0.444 e. The minimum absolute atomic E-state index is 0.0228. The molecule has 0 unspecified atom stereocenters. The van der Waals surface area contributed by atoms with E-state index in [1.165, 1.54) is 12.1 Å². The van der Waals surface area contributed by atoms with Gasteiger partial charge in [0.2, 0.25) is 5.95 Å². The van der Waals surface area contributed by atoms with Gasteiger partial charge in [0.05, 0.1) is 29.6 Å². The summed E-state index contributed by atoms with van der Waals surface area (Å²) in [6, 6.07) is 7.48. The van der Waals surface area contributed by atoms with Crippen molar-refractivity contribution in [1.29, 1.82) is 0 Å². The average Bonchev–Trinajstić information content (AvgIpc) is 3.13. The maximum Gasteiger partial charge on any atom is 0.410 e. The number of hydrogen-bond donors (Lipinski definition) is 1. The number of methoxy groups -OCH3 is 1. The fourth-order valence-electron chi connectivity index (χ4n) is 4.89. The molecule has 11 heteroatoms. The van der Waals surface area contributed by atoms with Gasteiger partial charge in [-0.3, -0.25) is 9.48 Å². The van der Waals surface area contributed by atoms with Gasteiger partial charge in [0, 0.05) is 39.5 Å². The Bertz CT molecular complexity index is 1350. The number of nitrogens with one attached hydrogen (secondary N) is 1. The summed E-state index contributed by atoms with van der Waals surface area (Å²) in [5.74, 6) is 0.0275. The van der Waals surface area contributed by atoms with E-state index in [2.05, 4.69) is 10.3 Å². The first-order valence-corrected chi connectivity index (χ1v) is 13.1. The molecular weight excluding hydrogens is 503 g/mol. The summed E-state index contributed by atoms with van der Waals surface area (Å²) in [5, 5.41) is 3.22. The third kappa shape index (κ3) is 6.47. The summed E-state index contributed by atoms with van der Waals surface area (Å²) in [7, 11) is 3.45. The number of ether oxygens (including phenoxy) is 2. The highest BCUT2D eigenvalue weighted by Gasteiger charge is 2.31. The van der Waals surface area contributed by atoms with Crippen LogP contribution in [0.4, 0.5) is 15.1 Å². The van der Waals surface area contributed by atoms with E-state index in [9.17, 15) is 14.0 Å².